The van der Waals surface area contributed by atoms with Gasteiger partial charge in [-0.1, -0.05) is 13.8 Å². The molecule has 1 saturated carbocycles. The van der Waals surface area contributed by atoms with Crippen molar-refractivity contribution in [3.63, 3.8) is 0 Å². The van der Waals surface area contributed by atoms with Gasteiger partial charge in [-0.15, -0.1) is 0 Å². The number of methoxy groups -OCH3 is 1. The van der Waals surface area contributed by atoms with Gasteiger partial charge in [0.1, 0.15) is 11.7 Å². The third-order valence-electron chi connectivity index (χ3n) is 3.12. The van der Waals surface area contributed by atoms with Gasteiger partial charge in [0.15, 0.2) is 0 Å². The summed E-state index contributed by atoms with van der Waals surface area (Å²) < 4.78 is 4.63. The maximum atomic E-state index is 11.5. The summed E-state index contributed by atoms with van der Waals surface area (Å²) in [6, 6.07) is 0. The Bertz CT molecular complexity index is 225. The van der Waals surface area contributed by atoms with Crippen LogP contribution in [0.5, 0.6) is 0 Å². The second-order valence-corrected chi connectivity index (χ2v) is 4.32. The molecule has 0 aromatic carbocycles. The molecule has 0 aromatic rings. The van der Waals surface area contributed by atoms with E-state index in [0.717, 1.165) is 6.42 Å². The van der Waals surface area contributed by atoms with Crippen LogP contribution in [-0.4, -0.2) is 18.9 Å². The van der Waals surface area contributed by atoms with Crippen molar-refractivity contribution in [3.05, 3.63) is 0 Å². The van der Waals surface area contributed by atoms with Crippen molar-refractivity contribution in [2.75, 3.05) is 7.11 Å². The fourth-order valence-corrected chi connectivity index (χ4v) is 2.03. The minimum Gasteiger partial charge on any atom is -0.468 e. The van der Waals surface area contributed by atoms with E-state index in [9.17, 15) is 9.59 Å². The van der Waals surface area contributed by atoms with Crippen LogP contribution in [0.3, 0.4) is 0 Å². The zero-order chi connectivity index (χ0) is 10.7. The summed E-state index contributed by atoms with van der Waals surface area (Å²) in [4.78, 5) is 22.8. The highest BCUT2D eigenvalue weighted by atomic mass is 16.5. The molecule has 0 aromatic heterocycles. The first-order valence-electron chi connectivity index (χ1n) is 5.16. The molecule has 1 fully saturated rings. The van der Waals surface area contributed by atoms with Gasteiger partial charge in [0.05, 0.1) is 7.11 Å². The fraction of sp³-hybridized carbons (Fsp3) is 0.818. The number of carbonyl (C=O) groups is 2. The van der Waals surface area contributed by atoms with E-state index in [0.29, 0.717) is 24.7 Å². The fourth-order valence-electron chi connectivity index (χ4n) is 2.03. The molecular weight excluding hydrogens is 180 g/mol. The molecule has 0 radical (unpaired) electrons. The zero-order valence-corrected chi connectivity index (χ0v) is 9.08. The number of esters is 1. The Hall–Kier alpha value is -0.860. The standard InChI is InChI=1S/C11H18O3/c1-7(2)8-4-5-10(12)9(6-8)11(13)14-3/h7-9H,4-6H2,1-3H3/t8-,9+/m0/s1. The number of carbonyl (C=O) groups excluding carboxylic acids is 2. The van der Waals surface area contributed by atoms with Crippen LogP contribution < -0.4 is 0 Å². The molecule has 14 heavy (non-hydrogen) atoms. The van der Waals surface area contributed by atoms with E-state index in [4.69, 9.17) is 0 Å². The highest BCUT2D eigenvalue weighted by Gasteiger charge is 2.35. The molecule has 0 amide bonds. The Morgan fingerprint density at radius 1 is 1.50 bits per heavy atom. The lowest BCUT2D eigenvalue weighted by Crippen LogP contribution is -2.33. The van der Waals surface area contributed by atoms with Crippen molar-refractivity contribution >= 4 is 11.8 Å². The lowest BCUT2D eigenvalue weighted by Gasteiger charge is -2.28. The number of ether oxygens (including phenoxy) is 1. The van der Waals surface area contributed by atoms with Crippen molar-refractivity contribution in [2.45, 2.75) is 33.1 Å². The van der Waals surface area contributed by atoms with Crippen LogP contribution >= 0.6 is 0 Å². The average Bonchev–Trinajstić information content (AvgIpc) is 2.17. The summed E-state index contributed by atoms with van der Waals surface area (Å²) in [5.41, 5.74) is 0. The van der Waals surface area contributed by atoms with Crippen LogP contribution in [0.2, 0.25) is 0 Å². The molecule has 0 heterocycles. The first-order valence-corrected chi connectivity index (χ1v) is 5.16. The van der Waals surface area contributed by atoms with E-state index in [1.807, 2.05) is 0 Å². The van der Waals surface area contributed by atoms with Crippen molar-refractivity contribution in [2.24, 2.45) is 17.8 Å². The Kier molecular flexibility index (Phi) is 3.67. The molecule has 1 rings (SSSR count). The van der Waals surface area contributed by atoms with E-state index in [-0.39, 0.29) is 11.8 Å². The van der Waals surface area contributed by atoms with E-state index in [1.54, 1.807) is 0 Å². The molecule has 3 nitrogen and oxygen atoms in total. The van der Waals surface area contributed by atoms with E-state index in [1.165, 1.54) is 7.11 Å². The van der Waals surface area contributed by atoms with Crippen LogP contribution in [0.25, 0.3) is 0 Å². The van der Waals surface area contributed by atoms with Crippen molar-refractivity contribution < 1.29 is 14.3 Å². The molecule has 3 heteroatoms. The molecule has 2 atom stereocenters. The van der Waals surface area contributed by atoms with E-state index < -0.39 is 5.92 Å². The van der Waals surface area contributed by atoms with Crippen molar-refractivity contribution in [1.29, 1.82) is 0 Å². The largest absolute Gasteiger partial charge is 0.468 e. The molecule has 1 aliphatic carbocycles. The predicted molar refractivity (Wildman–Crippen MR) is 52.7 cm³/mol. The van der Waals surface area contributed by atoms with E-state index >= 15 is 0 Å². The van der Waals surface area contributed by atoms with Crippen LogP contribution in [-0.2, 0) is 14.3 Å². The average molecular weight is 198 g/mol. The molecule has 80 valence electrons. The molecule has 1 aliphatic rings. The number of ketones is 1. The van der Waals surface area contributed by atoms with Crippen LogP contribution in [0.1, 0.15) is 33.1 Å². The summed E-state index contributed by atoms with van der Waals surface area (Å²) in [7, 11) is 1.34. The van der Waals surface area contributed by atoms with Crippen molar-refractivity contribution in [1.82, 2.24) is 0 Å². The molecule has 0 spiro atoms. The first-order chi connectivity index (χ1) is 6.56. The molecular formula is C11H18O3. The zero-order valence-electron chi connectivity index (χ0n) is 9.08. The SMILES string of the molecule is COC(=O)[C@@H]1C[C@@H](C(C)C)CCC1=O. The highest BCUT2D eigenvalue weighted by Crippen LogP contribution is 2.32. The minimum atomic E-state index is -0.499. The monoisotopic (exact) mass is 198 g/mol. The molecule has 0 bridgehead atoms. The summed E-state index contributed by atoms with van der Waals surface area (Å²) in [6.45, 7) is 4.27. The quantitative estimate of drug-likeness (QED) is 0.502. The van der Waals surface area contributed by atoms with Gasteiger partial charge in [-0.3, -0.25) is 9.59 Å². The predicted octanol–water partition coefficient (Wildman–Crippen LogP) is 1.80. The molecule has 0 N–H and O–H groups in total. The van der Waals surface area contributed by atoms with Gasteiger partial charge in [0.25, 0.3) is 0 Å². The van der Waals surface area contributed by atoms with Crippen LogP contribution in [0.15, 0.2) is 0 Å². The number of hydrogen-bond acceptors (Lipinski definition) is 3. The van der Waals surface area contributed by atoms with E-state index in [2.05, 4.69) is 18.6 Å². The van der Waals surface area contributed by atoms with Crippen LogP contribution in [0.4, 0.5) is 0 Å². The van der Waals surface area contributed by atoms with Gasteiger partial charge in [-0.05, 0) is 24.7 Å². The Morgan fingerprint density at radius 2 is 2.14 bits per heavy atom. The summed E-state index contributed by atoms with van der Waals surface area (Å²) in [6.07, 6.45) is 2.12. The summed E-state index contributed by atoms with van der Waals surface area (Å²) in [5.74, 6) is 0.210. The maximum absolute atomic E-state index is 11.5. The number of hydrogen-bond donors (Lipinski definition) is 0. The van der Waals surface area contributed by atoms with Gasteiger partial charge in [0.2, 0.25) is 0 Å². The number of rotatable bonds is 2. The maximum Gasteiger partial charge on any atom is 0.316 e. The lowest BCUT2D eigenvalue weighted by atomic mass is 9.75. The highest BCUT2D eigenvalue weighted by molar-refractivity contribution is 5.99. The minimum absolute atomic E-state index is 0.0498. The Balaban J connectivity index is 2.64. The second-order valence-electron chi connectivity index (χ2n) is 4.32. The van der Waals surface area contributed by atoms with Gasteiger partial charge in [0, 0.05) is 6.42 Å². The molecule has 0 saturated heterocycles. The molecule has 0 unspecified atom stereocenters. The third-order valence-corrected chi connectivity index (χ3v) is 3.12. The first kappa shape index (κ1) is 11.2. The van der Waals surface area contributed by atoms with Gasteiger partial charge in [-0.25, -0.2) is 0 Å². The Labute approximate surface area is 84.8 Å². The lowest BCUT2D eigenvalue weighted by molar-refractivity contribution is -0.151. The third kappa shape index (κ3) is 2.34. The topological polar surface area (TPSA) is 43.4 Å². The Morgan fingerprint density at radius 3 is 2.64 bits per heavy atom. The van der Waals surface area contributed by atoms with Crippen LogP contribution in [0, 0.1) is 17.8 Å². The summed E-state index contributed by atoms with van der Waals surface area (Å²) >= 11 is 0. The van der Waals surface area contributed by atoms with Gasteiger partial charge < -0.3 is 4.74 Å². The van der Waals surface area contributed by atoms with Gasteiger partial charge in [-0.2, -0.15) is 0 Å². The van der Waals surface area contributed by atoms with Gasteiger partial charge >= 0.3 is 5.97 Å². The second kappa shape index (κ2) is 4.58. The smallest absolute Gasteiger partial charge is 0.316 e. The number of Topliss-reactive ketones (excluding diaryl/α,β-unsaturated/α-hetero) is 1. The van der Waals surface area contributed by atoms with Crippen molar-refractivity contribution in [3.8, 4) is 0 Å². The summed E-state index contributed by atoms with van der Waals surface area (Å²) in [5, 5.41) is 0. The molecule has 0 aliphatic heterocycles. The normalized spacial score (nSPS) is 27.9.